The third-order valence-electron chi connectivity index (χ3n) is 19.8. The highest BCUT2D eigenvalue weighted by Crippen LogP contribution is 2.24. The molecular formula is C83H157NO10. The Morgan fingerprint density at radius 1 is 0.362 bits per heavy atom. The number of nitrogens with one attached hydrogen (secondary N) is 1. The van der Waals surface area contributed by atoms with Crippen LogP contribution in [0.15, 0.2) is 48.6 Å². The van der Waals surface area contributed by atoms with Crippen molar-refractivity contribution in [3.8, 4) is 0 Å². The van der Waals surface area contributed by atoms with E-state index in [9.17, 15) is 40.5 Å². The average molecular weight is 1330 g/mol. The molecule has 11 heteroatoms. The first-order chi connectivity index (χ1) is 46.2. The smallest absolute Gasteiger partial charge is 0.249 e. The molecule has 8 N–H and O–H groups in total. The van der Waals surface area contributed by atoms with E-state index in [1.165, 1.54) is 315 Å². The summed E-state index contributed by atoms with van der Waals surface area (Å²) in [6, 6.07) is -1.20. The van der Waals surface area contributed by atoms with Crippen LogP contribution < -0.4 is 5.32 Å². The van der Waals surface area contributed by atoms with Gasteiger partial charge in [0.25, 0.3) is 0 Å². The molecule has 1 aliphatic heterocycles. The van der Waals surface area contributed by atoms with Crippen LogP contribution in [0.3, 0.4) is 0 Å². The minimum absolute atomic E-state index is 0.242. The fourth-order valence-corrected chi connectivity index (χ4v) is 13.3. The van der Waals surface area contributed by atoms with Gasteiger partial charge in [-0.05, 0) is 89.9 Å². The lowest BCUT2D eigenvalue weighted by atomic mass is 9.98. The molecule has 1 aliphatic rings. The molecule has 1 heterocycles. The maximum Gasteiger partial charge on any atom is 0.249 e. The van der Waals surface area contributed by atoms with Crippen molar-refractivity contribution in [2.75, 3.05) is 13.2 Å². The first-order valence-corrected chi connectivity index (χ1v) is 41.0. The third kappa shape index (κ3) is 56.9. The predicted octanol–water partition coefficient (Wildman–Crippen LogP) is 21.4. The Labute approximate surface area is 580 Å². The molecule has 0 aromatic rings. The van der Waals surface area contributed by atoms with Gasteiger partial charge in [0.1, 0.15) is 36.6 Å². The van der Waals surface area contributed by atoms with Crippen molar-refractivity contribution in [2.24, 2.45) is 0 Å². The van der Waals surface area contributed by atoms with E-state index in [1.54, 1.807) is 0 Å². The van der Waals surface area contributed by atoms with Crippen LogP contribution in [-0.4, -0.2) is 110 Å². The number of carbonyl (C=O) groups is 1. The quantitative estimate of drug-likeness (QED) is 0.0215. The highest BCUT2D eigenvalue weighted by atomic mass is 16.7. The molecule has 0 aromatic carbocycles. The molecule has 1 fully saturated rings. The van der Waals surface area contributed by atoms with Gasteiger partial charge in [0.05, 0.1) is 25.4 Å². The summed E-state index contributed by atoms with van der Waals surface area (Å²) in [4.78, 5) is 13.3. The summed E-state index contributed by atoms with van der Waals surface area (Å²) < 4.78 is 11.2. The van der Waals surface area contributed by atoms with Gasteiger partial charge in [-0.2, -0.15) is 0 Å². The van der Waals surface area contributed by atoms with Crippen molar-refractivity contribution < 1.29 is 50.0 Å². The maximum atomic E-state index is 13.3. The summed E-state index contributed by atoms with van der Waals surface area (Å²) in [5.74, 6) is -0.706. The molecule has 1 saturated heterocycles. The van der Waals surface area contributed by atoms with Crippen LogP contribution in [0, 0.1) is 0 Å². The third-order valence-corrected chi connectivity index (χ3v) is 19.8. The van der Waals surface area contributed by atoms with E-state index in [0.29, 0.717) is 19.3 Å². The molecule has 1 amide bonds. The predicted molar refractivity (Wildman–Crippen MR) is 399 cm³/mol. The van der Waals surface area contributed by atoms with E-state index < -0.39 is 74.2 Å². The fraction of sp³-hybridized carbons (Fsp3) is 0.892. The Balaban J connectivity index is 2.14. The van der Waals surface area contributed by atoms with Crippen molar-refractivity contribution in [1.29, 1.82) is 0 Å². The molecule has 11 nitrogen and oxygen atoms in total. The Morgan fingerprint density at radius 3 is 0.947 bits per heavy atom. The van der Waals surface area contributed by atoms with Gasteiger partial charge in [0.15, 0.2) is 6.29 Å². The van der Waals surface area contributed by atoms with Crippen molar-refractivity contribution in [3.05, 3.63) is 48.6 Å². The van der Waals surface area contributed by atoms with Gasteiger partial charge in [-0.15, -0.1) is 0 Å². The van der Waals surface area contributed by atoms with Gasteiger partial charge in [0.2, 0.25) is 5.91 Å². The van der Waals surface area contributed by atoms with Crippen LogP contribution in [0.25, 0.3) is 0 Å². The second-order valence-corrected chi connectivity index (χ2v) is 28.8. The summed E-state index contributed by atoms with van der Waals surface area (Å²) in [5, 5.41) is 76.7. The van der Waals surface area contributed by atoms with E-state index >= 15 is 0 Å². The zero-order valence-corrected chi connectivity index (χ0v) is 61.7. The van der Waals surface area contributed by atoms with Gasteiger partial charge >= 0.3 is 0 Å². The lowest BCUT2D eigenvalue weighted by molar-refractivity contribution is -0.303. The zero-order chi connectivity index (χ0) is 68.1. The molecule has 0 saturated carbocycles. The molecule has 9 atom stereocenters. The SMILES string of the molecule is CCCCCCCCCCCCCCCCCC/C=C/CC/C=C/CC/C=C/CCCC(O)C(O)C(COC1OC(CO)C(O)C(O)C1O)NC(=O)C(O)CCCCCCCCCCCCCCCCCC/C=C\CCCCCCCCCCCCCCCCCCCC. The lowest BCUT2D eigenvalue weighted by Crippen LogP contribution is -2.60. The molecule has 0 spiro atoms. The summed E-state index contributed by atoms with van der Waals surface area (Å²) in [5.41, 5.74) is 0. The Morgan fingerprint density at radius 2 is 0.638 bits per heavy atom. The topological polar surface area (TPSA) is 189 Å². The van der Waals surface area contributed by atoms with Crippen molar-refractivity contribution in [3.63, 3.8) is 0 Å². The summed E-state index contributed by atoms with van der Waals surface area (Å²) in [6.45, 7) is 3.50. The fourth-order valence-electron chi connectivity index (χ4n) is 13.3. The first kappa shape index (κ1) is 90.1. The molecule has 0 aromatic heterocycles. The normalized spacial score (nSPS) is 18.4. The van der Waals surface area contributed by atoms with Gasteiger partial charge in [0, 0.05) is 0 Å². The van der Waals surface area contributed by atoms with Crippen LogP contribution in [0.4, 0.5) is 0 Å². The van der Waals surface area contributed by atoms with Gasteiger partial charge < -0.3 is 50.5 Å². The molecule has 0 radical (unpaired) electrons. The van der Waals surface area contributed by atoms with Crippen LogP contribution in [-0.2, 0) is 14.3 Å². The number of ether oxygens (including phenoxy) is 2. The highest BCUT2D eigenvalue weighted by molar-refractivity contribution is 5.80. The largest absolute Gasteiger partial charge is 0.394 e. The zero-order valence-electron chi connectivity index (χ0n) is 61.7. The monoisotopic (exact) mass is 1330 g/mol. The van der Waals surface area contributed by atoms with E-state index in [0.717, 1.165) is 44.9 Å². The molecule has 94 heavy (non-hydrogen) atoms. The van der Waals surface area contributed by atoms with Crippen LogP contribution in [0.5, 0.6) is 0 Å². The lowest BCUT2D eigenvalue weighted by Gasteiger charge is -2.40. The van der Waals surface area contributed by atoms with Crippen molar-refractivity contribution >= 4 is 5.91 Å². The van der Waals surface area contributed by atoms with Crippen LogP contribution in [0.2, 0.25) is 0 Å². The van der Waals surface area contributed by atoms with Gasteiger partial charge in [-0.25, -0.2) is 0 Å². The second kappa shape index (κ2) is 70.9. The second-order valence-electron chi connectivity index (χ2n) is 28.8. The molecule has 554 valence electrons. The minimum atomic E-state index is -1.68. The number of allylic oxidation sites excluding steroid dienone is 8. The Hall–Kier alpha value is -1.93. The van der Waals surface area contributed by atoms with Crippen molar-refractivity contribution in [2.45, 2.75) is 461 Å². The molecule has 0 bridgehead atoms. The number of aliphatic hydroxyl groups is 7. The molecule has 9 unspecified atom stereocenters. The number of carbonyl (C=O) groups excluding carboxylic acids is 1. The Kier molecular flexibility index (Phi) is 68.0. The number of unbranched alkanes of at least 4 members (excludes halogenated alkanes) is 53. The van der Waals surface area contributed by atoms with Gasteiger partial charge in [-0.1, -0.05) is 364 Å². The van der Waals surface area contributed by atoms with E-state index in [-0.39, 0.29) is 12.8 Å². The Bertz CT molecular complexity index is 1670. The maximum absolute atomic E-state index is 13.3. The van der Waals surface area contributed by atoms with Crippen LogP contribution in [0.1, 0.15) is 406 Å². The van der Waals surface area contributed by atoms with Crippen LogP contribution >= 0.6 is 0 Å². The number of hydrogen-bond acceptors (Lipinski definition) is 10. The average Bonchev–Trinajstić information content (AvgIpc) is 0.903. The molecule has 1 rings (SSSR count). The van der Waals surface area contributed by atoms with Crippen molar-refractivity contribution in [1.82, 2.24) is 5.32 Å². The van der Waals surface area contributed by atoms with E-state index in [1.807, 2.05) is 0 Å². The van der Waals surface area contributed by atoms with E-state index in [4.69, 9.17) is 9.47 Å². The van der Waals surface area contributed by atoms with Gasteiger partial charge in [-0.3, -0.25) is 4.79 Å². The first-order valence-electron chi connectivity index (χ1n) is 41.0. The van der Waals surface area contributed by atoms with E-state index in [2.05, 4.69) is 67.8 Å². The standard InChI is InChI=1S/C83H157NO10/c1-3-5-7-9-11-13-15-17-19-21-23-25-27-29-31-33-34-35-36-37-38-39-40-41-43-45-47-49-51-53-55-57-59-61-63-65-67-69-71-76(87)82(92)84-74(73-93-83-81(91)80(90)79(89)77(72-85)94-83)78(88)75(86)70-68-66-64-62-60-58-56-54-52-50-48-46-44-42-32-30-28-26-24-22-20-18-16-14-12-10-8-6-4-2/h37-38,46,48,54,56,62,64,74-81,83,85-91H,3-36,39-45,47,49-53,55,57-61,63,65-73H2,1-2H3,(H,84,92)/b38-37-,48-46+,56-54+,64-62+. The minimum Gasteiger partial charge on any atom is -0.394 e. The number of rotatable bonds is 73. The molecular weight excluding hydrogens is 1170 g/mol. The number of aliphatic hydroxyl groups excluding tert-OH is 7. The summed E-state index contributed by atoms with van der Waals surface area (Å²) >= 11 is 0. The summed E-state index contributed by atoms with van der Waals surface area (Å²) in [7, 11) is 0. The molecule has 0 aliphatic carbocycles. The number of amides is 1. The number of hydrogen-bond donors (Lipinski definition) is 8. The summed E-state index contributed by atoms with van der Waals surface area (Å²) in [6.07, 6.45) is 83.9. The highest BCUT2D eigenvalue weighted by Gasteiger charge is 2.44.